The SMILES string of the molecule is O=C(CCNC(=O)NC12CC3CC(CC(C3)C1)C2)NCCCN1CCOCC1. The Balaban J connectivity index is 1.07. The first kappa shape index (κ1) is 20.0. The van der Waals surface area contributed by atoms with Gasteiger partial charge in [-0.1, -0.05) is 0 Å². The molecule has 1 heterocycles. The van der Waals surface area contributed by atoms with Gasteiger partial charge in [0.05, 0.1) is 13.2 Å². The summed E-state index contributed by atoms with van der Waals surface area (Å²) in [5.74, 6) is 2.46. The minimum absolute atomic E-state index is 0.0112. The molecule has 5 rings (SSSR count). The summed E-state index contributed by atoms with van der Waals surface area (Å²) in [6.07, 6.45) is 8.84. The molecule has 3 N–H and O–H groups in total. The zero-order valence-electron chi connectivity index (χ0n) is 17.0. The Labute approximate surface area is 168 Å². The van der Waals surface area contributed by atoms with E-state index in [2.05, 4.69) is 20.9 Å². The summed E-state index contributed by atoms with van der Waals surface area (Å²) >= 11 is 0. The largest absolute Gasteiger partial charge is 0.379 e. The summed E-state index contributed by atoms with van der Waals surface area (Å²) in [6.45, 7) is 5.67. The molecule has 158 valence electrons. The second kappa shape index (κ2) is 8.99. The molecule has 0 spiro atoms. The van der Waals surface area contributed by atoms with E-state index in [0.29, 0.717) is 19.5 Å². The summed E-state index contributed by atoms with van der Waals surface area (Å²) in [5, 5.41) is 9.14. The van der Waals surface area contributed by atoms with Crippen LogP contribution in [0, 0.1) is 17.8 Å². The number of amides is 3. The van der Waals surface area contributed by atoms with E-state index in [1.54, 1.807) is 0 Å². The lowest BCUT2D eigenvalue weighted by Crippen LogP contribution is -2.61. The monoisotopic (exact) mass is 392 g/mol. The highest BCUT2D eigenvalue weighted by Crippen LogP contribution is 2.55. The molecule has 0 aromatic rings. The van der Waals surface area contributed by atoms with Crippen LogP contribution in [0.1, 0.15) is 51.4 Å². The van der Waals surface area contributed by atoms with Gasteiger partial charge in [0.15, 0.2) is 0 Å². The summed E-state index contributed by atoms with van der Waals surface area (Å²) in [6, 6.07) is -0.0953. The molecule has 0 aromatic carbocycles. The molecule has 1 aliphatic heterocycles. The Morgan fingerprint density at radius 1 is 0.929 bits per heavy atom. The zero-order valence-corrected chi connectivity index (χ0v) is 17.0. The molecule has 3 amide bonds. The highest BCUT2D eigenvalue weighted by molar-refractivity contribution is 5.78. The van der Waals surface area contributed by atoms with Crippen molar-refractivity contribution in [2.24, 2.45) is 17.8 Å². The molecule has 5 aliphatic rings. The van der Waals surface area contributed by atoms with Gasteiger partial charge in [0.1, 0.15) is 0 Å². The van der Waals surface area contributed by atoms with Crippen molar-refractivity contribution in [1.82, 2.24) is 20.9 Å². The summed E-state index contributed by atoms with van der Waals surface area (Å²) in [4.78, 5) is 26.7. The fraction of sp³-hybridized carbons (Fsp3) is 0.905. The van der Waals surface area contributed by atoms with Crippen LogP contribution in [-0.4, -0.2) is 68.3 Å². The van der Waals surface area contributed by atoms with Crippen LogP contribution in [0.25, 0.3) is 0 Å². The van der Waals surface area contributed by atoms with Crippen LogP contribution >= 0.6 is 0 Å². The maximum atomic E-state index is 12.4. The Bertz CT molecular complexity index is 527. The van der Waals surface area contributed by atoms with Gasteiger partial charge in [0.25, 0.3) is 0 Å². The van der Waals surface area contributed by atoms with Gasteiger partial charge < -0.3 is 20.7 Å². The summed E-state index contributed by atoms with van der Waals surface area (Å²) < 4.78 is 5.33. The van der Waals surface area contributed by atoms with E-state index in [9.17, 15) is 9.59 Å². The van der Waals surface area contributed by atoms with E-state index in [4.69, 9.17) is 4.74 Å². The predicted octanol–water partition coefficient (Wildman–Crippen LogP) is 1.48. The molecule has 0 atom stereocenters. The minimum Gasteiger partial charge on any atom is -0.379 e. The van der Waals surface area contributed by atoms with Gasteiger partial charge in [-0.05, 0) is 69.2 Å². The number of rotatable bonds is 8. The van der Waals surface area contributed by atoms with Crippen molar-refractivity contribution in [3.05, 3.63) is 0 Å². The van der Waals surface area contributed by atoms with E-state index in [0.717, 1.165) is 76.3 Å². The number of hydrogen-bond donors (Lipinski definition) is 3. The molecular weight excluding hydrogens is 356 g/mol. The highest BCUT2D eigenvalue weighted by Gasteiger charge is 2.51. The second-order valence-corrected chi connectivity index (χ2v) is 9.49. The van der Waals surface area contributed by atoms with Gasteiger partial charge in [0.2, 0.25) is 5.91 Å². The van der Waals surface area contributed by atoms with Crippen molar-refractivity contribution in [2.45, 2.75) is 56.9 Å². The number of morpholine rings is 1. The molecule has 4 saturated carbocycles. The van der Waals surface area contributed by atoms with Gasteiger partial charge in [-0.3, -0.25) is 9.69 Å². The predicted molar refractivity (Wildman–Crippen MR) is 107 cm³/mol. The lowest BCUT2D eigenvalue weighted by molar-refractivity contribution is -0.120. The number of urea groups is 1. The minimum atomic E-state index is -0.0953. The Kier molecular flexibility index (Phi) is 6.41. The molecule has 4 aliphatic carbocycles. The molecule has 0 unspecified atom stereocenters. The first-order valence-electron chi connectivity index (χ1n) is 11.2. The molecule has 1 saturated heterocycles. The molecule has 0 aromatic heterocycles. The van der Waals surface area contributed by atoms with Crippen LogP contribution in [0.5, 0.6) is 0 Å². The van der Waals surface area contributed by atoms with Crippen LogP contribution in [0.2, 0.25) is 0 Å². The van der Waals surface area contributed by atoms with Crippen molar-refractivity contribution in [2.75, 3.05) is 45.9 Å². The fourth-order valence-corrected chi connectivity index (χ4v) is 6.28. The molecular formula is C21H36N4O3. The first-order chi connectivity index (χ1) is 13.6. The quantitative estimate of drug-likeness (QED) is 0.547. The van der Waals surface area contributed by atoms with E-state index in [-0.39, 0.29) is 17.5 Å². The van der Waals surface area contributed by atoms with Crippen molar-refractivity contribution >= 4 is 11.9 Å². The topological polar surface area (TPSA) is 82.7 Å². The molecule has 4 bridgehead atoms. The van der Waals surface area contributed by atoms with Crippen LogP contribution in [-0.2, 0) is 9.53 Å². The second-order valence-electron chi connectivity index (χ2n) is 9.49. The van der Waals surface area contributed by atoms with E-state index in [1.807, 2.05) is 0 Å². The van der Waals surface area contributed by atoms with Crippen molar-refractivity contribution in [3.8, 4) is 0 Å². The number of carbonyl (C=O) groups excluding carboxylic acids is 2. The number of nitrogens with zero attached hydrogens (tertiary/aromatic N) is 1. The standard InChI is InChI=1S/C21H36N4O3/c26-19(22-3-1-5-25-6-8-28-9-7-25)2-4-23-20(27)24-21-13-16-10-17(14-21)12-18(11-16)15-21/h16-18H,1-15H2,(H,22,26)(H2,23,24,27). The Hall–Kier alpha value is -1.34. The third-order valence-corrected chi connectivity index (χ3v) is 7.13. The number of ether oxygens (including phenoxy) is 1. The van der Waals surface area contributed by atoms with Crippen molar-refractivity contribution in [1.29, 1.82) is 0 Å². The van der Waals surface area contributed by atoms with Gasteiger partial charge in [-0.25, -0.2) is 4.79 Å². The first-order valence-corrected chi connectivity index (χ1v) is 11.2. The average Bonchev–Trinajstić information content (AvgIpc) is 2.64. The number of hydrogen-bond acceptors (Lipinski definition) is 4. The van der Waals surface area contributed by atoms with Gasteiger partial charge in [-0.2, -0.15) is 0 Å². The van der Waals surface area contributed by atoms with Crippen LogP contribution in [0.4, 0.5) is 4.79 Å². The van der Waals surface area contributed by atoms with Crippen molar-refractivity contribution < 1.29 is 14.3 Å². The van der Waals surface area contributed by atoms with Gasteiger partial charge in [-0.15, -0.1) is 0 Å². The average molecular weight is 393 g/mol. The Morgan fingerprint density at radius 3 is 2.21 bits per heavy atom. The van der Waals surface area contributed by atoms with Crippen LogP contribution in [0.3, 0.4) is 0 Å². The third kappa shape index (κ3) is 5.17. The molecule has 7 nitrogen and oxygen atoms in total. The molecule has 7 heteroatoms. The number of nitrogens with one attached hydrogen (secondary N) is 3. The van der Waals surface area contributed by atoms with Crippen LogP contribution < -0.4 is 16.0 Å². The van der Waals surface area contributed by atoms with Gasteiger partial charge >= 0.3 is 6.03 Å². The highest BCUT2D eigenvalue weighted by atomic mass is 16.5. The third-order valence-electron chi connectivity index (χ3n) is 7.13. The summed E-state index contributed by atoms with van der Waals surface area (Å²) in [5.41, 5.74) is 0.0284. The van der Waals surface area contributed by atoms with E-state index in [1.165, 1.54) is 19.3 Å². The van der Waals surface area contributed by atoms with Gasteiger partial charge in [0, 0.05) is 38.1 Å². The van der Waals surface area contributed by atoms with Crippen molar-refractivity contribution in [3.63, 3.8) is 0 Å². The number of carbonyl (C=O) groups is 2. The fourth-order valence-electron chi connectivity index (χ4n) is 6.28. The lowest BCUT2D eigenvalue weighted by Gasteiger charge is -2.56. The maximum Gasteiger partial charge on any atom is 0.315 e. The lowest BCUT2D eigenvalue weighted by atomic mass is 9.53. The normalized spacial score (nSPS) is 34.2. The van der Waals surface area contributed by atoms with E-state index >= 15 is 0 Å². The smallest absolute Gasteiger partial charge is 0.315 e. The van der Waals surface area contributed by atoms with E-state index < -0.39 is 0 Å². The Morgan fingerprint density at radius 2 is 1.57 bits per heavy atom. The maximum absolute atomic E-state index is 12.4. The van der Waals surface area contributed by atoms with Crippen LogP contribution in [0.15, 0.2) is 0 Å². The molecule has 0 radical (unpaired) electrons. The molecule has 28 heavy (non-hydrogen) atoms. The molecule has 5 fully saturated rings. The zero-order chi connectivity index (χ0) is 19.4. The summed E-state index contributed by atoms with van der Waals surface area (Å²) in [7, 11) is 0.